The molecule has 8 aromatic rings. The van der Waals surface area contributed by atoms with Crippen LogP contribution in [0.15, 0.2) is 218 Å². The number of aryl methyl sites for hydroxylation is 3. The van der Waals surface area contributed by atoms with E-state index in [1.807, 2.05) is 130 Å². The van der Waals surface area contributed by atoms with Crippen molar-refractivity contribution in [2.75, 3.05) is 14.2 Å². The standard InChI is InChI=1S/C25H18.C24H32.C10H16.C8H10.C7H8O.8C2H6.2CH4O/c1-3-11-19(12-4-1)25(20-13-5-2-6-14-20)23-17-9-7-15-21(23)22-16-8-10-18-24(22)25;1-2-4-6-14-20-24(21-15-7-5-3-1,22-16-10-8-11-17-22)23-18-12-9-13-19-23;1-7-2-9-4-8(1)5-10(3-7)6-9;1-7-3-5-8(2)6-4-7;1-6-2-4-7(8)5-3-6;10*1-2/h1-18H;8-13,16-19H,1-7,14-15,20-21H2;7-10H,1-6H2;3-6H,1-2H3;2-5,8H,1H3;8*1-2H3;2*2H,1H3. The van der Waals surface area contributed by atoms with E-state index >= 15 is 0 Å². The molecule has 0 amide bonds. The molecule has 5 saturated carbocycles. The van der Waals surface area contributed by atoms with Gasteiger partial charge in [0.25, 0.3) is 0 Å². The largest absolute Gasteiger partial charge is 0.508 e. The number of benzene rings is 8. The average Bonchev–Trinajstić information content (AvgIpc) is 1.56. The van der Waals surface area contributed by atoms with Gasteiger partial charge in [-0.2, -0.15) is 0 Å². The van der Waals surface area contributed by atoms with E-state index in [1.54, 1.807) is 50.7 Å². The van der Waals surface area contributed by atoms with Crippen LogP contribution in [0, 0.1) is 44.4 Å². The van der Waals surface area contributed by atoms with Crippen LogP contribution >= 0.6 is 0 Å². The Labute approximate surface area is 586 Å². The first-order valence-electron chi connectivity index (χ1n) is 37.9. The molecule has 4 bridgehead atoms. The maximum atomic E-state index is 8.76. The number of phenols is 1. The van der Waals surface area contributed by atoms with E-state index in [9.17, 15) is 0 Å². The molecule has 0 aromatic heterocycles. The topological polar surface area (TPSA) is 60.7 Å². The minimum Gasteiger partial charge on any atom is -0.508 e. The fourth-order valence-corrected chi connectivity index (χ4v) is 14.0. The minimum absolute atomic E-state index is 0.210. The molecule has 0 unspecified atom stereocenters. The van der Waals surface area contributed by atoms with Crippen LogP contribution in [0.25, 0.3) is 11.1 Å². The van der Waals surface area contributed by atoms with Gasteiger partial charge < -0.3 is 15.3 Å². The van der Waals surface area contributed by atoms with E-state index in [2.05, 4.69) is 208 Å². The molecule has 0 radical (unpaired) electrons. The van der Waals surface area contributed by atoms with E-state index < -0.39 is 0 Å². The Hall–Kier alpha value is -6.52. The van der Waals surface area contributed by atoms with Crippen molar-refractivity contribution in [3.8, 4) is 16.9 Å². The van der Waals surface area contributed by atoms with Gasteiger partial charge in [0, 0.05) is 19.6 Å². The molecule has 3 N–H and O–H groups in total. The Kier molecular flexibility index (Phi) is 55.0. The number of aliphatic hydroxyl groups excluding tert-OH is 2. The highest BCUT2D eigenvalue weighted by molar-refractivity contribution is 5.86. The van der Waals surface area contributed by atoms with Crippen molar-refractivity contribution >= 4 is 0 Å². The summed E-state index contributed by atoms with van der Waals surface area (Å²) in [5.74, 6) is 5.04. The van der Waals surface area contributed by atoms with Crippen molar-refractivity contribution in [1.82, 2.24) is 0 Å². The van der Waals surface area contributed by atoms with Crippen molar-refractivity contribution in [2.45, 2.75) is 252 Å². The van der Waals surface area contributed by atoms with Crippen LogP contribution in [0.3, 0.4) is 0 Å². The second-order valence-electron chi connectivity index (χ2n) is 22.9. The minimum atomic E-state index is -0.254. The van der Waals surface area contributed by atoms with Crippen molar-refractivity contribution < 1.29 is 15.3 Å². The molecule has 14 rings (SSSR count). The first kappa shape index (κ1) is 90.5. The third-order valence-corrected chi connectivity index (χ3v) is 17.5. The Morgan fingerprint density at radius 3 is 0.716 bits per heavy atom. The van der Waals surface area contributed by atoms with E-state index in [1.165, 1.54) is 155 Å². The molecule has 3 nitrogen and oxygen atoms in total. The molecule has 0 saturated heterocycles. The average molecular weight is 1290 g/mol. The van der Waals surface area contributed by atoms with Crippen molar-refractivity contribution in [2.24, 2.45) is 23.7 Å². The lowest BCUT2D eigenvalue weighted by molar-refractivity contribution is 0.0198. The predicted octanol–water partition coefficient (Wildman–Crippen LogP) is 27.6. The van der Waals surface area contributed by atoms with E-state index in [-0.39, 0.29) is 10.8 Å². The van der Waals surface area contributed by atoms with Gasteiger partial charge in [-0.1, -0.05) is 392 Å². The predicted molar refractivity (Wildman–Crippen MR) is 426 cm³/mol. The van der Waals surface area contributed by atoms with Gasteiger partial charge in [-0.3, -0.25) is 0 Å². The van der Waals surface area contributed by atoms with Crippen LogP contribution in [-0.4, -0.2) is 29.5 Å². The molecule has 526 valence electrons. The molecule has 6 aliphatic rings. The monoisotopic (exact) mass is 1290 g/mol. The van der Waals surface area contributed by atoms with Gasteiger partial charge in [0.1, 0.15) is 5.75 Å². The van der Waals surface area contributed by atoms with Gasteiger partial charge in [-0.15, -0.1) is 0 Å². The molecule has 5 fully saturated rings. The zero-order chi connectivity index (χ0) is 71.7. The summed E-state index contributed by atoms with van der Waals surface area (Å²) >= 11 is 0. The molecule has 8 aromatic carbocycles. The van der Waals surface area contributed by atoms with Crippen molar-refractivity contribution in [3.63, 3.8) is 0 Å². The molecule has 0 aliphatic heterocycles. The summed E-state index contributed by atoms with van der Waals surface area (Å²) in [6.07, 6.45) is 24.8. The molecule has 3 heteroatoms. The quantitative estimate of drug-likeness (QED) is 0.165. The molecule has 6 aliphatic carbocycles. The highest BCUT2D eigenvalue weighted by Gasteiger charge is 2.46. The maximum absolute atomic E-state index is 8.76. The Bertz CT molecular complexity index is 2630. The van der Waals surface area contributed by atoms with Gasteiger partial charge in [-0.25, -0.2) is 0 Å². The summed E-state index contributed by atoms with van der Waals surface area (Å²) in [6.45, 7) is 38.2. The SMILES string of the molecule is C1C2CC3CC1CC(C2)C3.CC.CC.CC.CC.CC.CC.CC.CC.CO.CO.Cc1ccc(C)cc1.Cc1ccc(O)cc1.c1ccc(C2(c3ccccc3)CCCCCCCCCCC2)cc1.c1ccc(C2(c3ccccc3)c3ccccc3-c3ccccc32)cc1. The van der Waals surface area contributed by atoms with Gasteiger partial charge in [0.05, 0.1) is 5.41 Å². The van der Waals surface area contributed by atoms with Crippen LogP contribution in [0.5, 0.6) is 5.75 Å². The number of rotatable bonds is 4. The van der Waals surface area contributed by atoms with Crippen LogP contribution in [0.4, 0.5) is 0 Å². The molecule has 0 heterocycles. The molecule has 0 spiro atoms. The first-order chi connectivity index (χ1) is 46.8. The summed E-state index contributed by atoms with van der Waals surface area (Å²) in [5, 5.41) is 22.8. The van der Waals surface area contributed by atoms with Crippen LogP contribution in [-0.2, 0) is 10.8 Å². The summed E-state index contributed by atoms with van der Waals surface area (Å²) in [5.41, 5.74) is 14.9. The van der Waals surface area contributed by atoms with Crippen molar-refractivity contribution in [3.05, 3.63) is 268 Å². The third-order valence-electron chi connectivity index (χ3n) is 17.5. The lowest BCUT2D eigenvalue weighted by Gasteiger charge is -2.49. The normalized spacial score (nSPS) is 16.9. The number of hydrogen-bond acceptors (Lipinski definition) is 3. The van der Waals surface area contributed by atoms with E-state index in [0.717, 1.165) is 14.2 Å². The van der Waals surface area contributed by atoms with Gasteiger partial charge >= 0.3 is 0 Å². The van der Waals surface area contributed by atoms with Crippen LogP contribution in [0.2, 0.25) is 0 Å². The molecular formula is C92H140O3. The Morgan fingerprint density at radius 2 is 0.463 bits per heavy atom. The second-order valence-corrected chi connectivity index (χ2v) is 22.9. The summed E-state index contributed by atoms with van der Waals surface area (Å²) < 4.78 is 0. The molecule has 0 atom stereocenters. The second kappa shape index (κ2) is 57.7. The fraction of sp³-hybridized carbons (Fsp3) is 0.478. The Balaban J connectivity index is 0. The lowest BCUT2D eigenvalue weighted by Crippen LogP contribution is -2.38. The molecule has 95 heavy (non-hydrogen) atoms. The number of phenolic OH excluding ortho intramolecular Hbond substituents is 1. The number of fused-ring (bicyclic) bond motifs is 3. The maximum Gasteiger partial charge on any atom is 0.115 e. The van der Waals surface area contributed by atoms with Crippen molar-refractivity contribution in [1.29, 1.82) is 0 Å². The highest BCUT2D eigenvalue weighted by atomic mass is 16.3. The van der Waals surface area contributed by atoms with Gasteiger partial charge in [-0.05, 0) is 152 Å². The lowest BCUT2D eigenvalue weighted by atomic mass is 9.56. The number of aliphatic hydroxyl groups is 2. The summed E-state index contributed by atoms with van der Waals surface area (Å²) in [6, 6.07) is 77.6. The highest BCUT2D eigenvalue weighted by Crippen LogP contribution is 2.56. The zero-order valence-electron chi connectivity index (χ0n) is 64.5. The smallest absolute Gasteiger partial charge is 0.115 e. The first-order valence-corrected chi connectivity index (χ1v) is 37.9. The fourth-order valence-electron chi connectivity index (χ4n) is 14.0. The van der Waals surface area contributed by atoms with Gasteiger partial charge in [0.15, 0.2) is 0 Å². The number of aromatic hydroxyl groups is 1. The van der Waals surface area contributed by atoms with Gasteiger partial charge in [0.2, 0.25) is 0 Å². The Morgan fingerprint density at radius 1 is 0.253 bits per heavy atom. The third kappa shape index (κ3) is 29.4. The van der Waals surface area contributed by atoms with Crippen LogP contribution in [0.1, 0.15) is 270 Å². The number of hydrogen-bond donors (Lipinski definition) is 3. The zero-order valence-corrected chi connectivity index (χ0v) is 64.5. The van der Waals surface area contributed by atoms with E-state index in [4.69, 9.17) is 15.3 Å². The summed E-state index contributed by atoms with van der Waals surface area (Å²) in [4.78, 5) is 0. The molecular weight excluding hydrogens is 1150 g/mol. The van der Waals surface area contributed by atoms with E-state index in [0.29, 0.717) is 5.75 Å². The summed E-state index contributed by atoms with van der Waals surface area (Å²) in [7, 11) is 2.00. The van der Waals surface area contributed by atoms with Crippen LogP contribution < -0.4 is 0 Å².